The standard InChI is InChI=1S/C12H21N3O4S/c1-9(2)14(3)20(17,18)8-10-6-4-5-7-11-13-19-12(16)15(10)11/h9-10H,4-8H2,1-3H3. The Morgan fingerprint density at radius 3 is 2.80 bits per heavy atom. The molecular weight excluding hydrogens is 282 g/mol. The van der Waals surface area contributed by atoms with Gasteiger partial charge >= 0.3 is 5.76 Å². The van der Waals surface area contributed by atoms with Crippen LogP contribution in [0.25, 0.3) is 0 Å². The first-order valence-electron chi connectivity index (χ1n) is 6.85. The van der Waals surface area contributed by atoms with Crippen molar-refractivity contribution in [1.82, 2.24) is 14.0 Å². The van der Waals surface area contributed by atoms with Gasteiger partial charge in [-0.1, -0.05) is 11.6 Å². The summed E-state index contributed by atoms with van der Waals surface area (Å²) in [5.41, 5.74) is 0. The molecule has 1 aromatic rings. The second kappa shape index (κ2) is 5.69. The number of rotatable bonds is 4. The predicted molar refractivity (Wildman–Crippen MR) is 74.0 cm³/mol. The number of aryl methyl sites for hydroxylation is 1. The number of sulfonamides is 1. The number of aromatic nitrogens is 2. The molecule has 20 heavy (non-hydrogen) atoms. The van der Waals surface area contributed by atoms with E-state index in [0.717, 1.165) is 12.8 Å². The quantitative estimate of drug-likeness (QED) is 0.820. The number of hydrogen-bond donors (Lipinski definition) is 0. The van der Waals surface area contributed by atoms with Crippen molar-refractivity contribution < 1.29 is 12.9 Å². The van der Waals surface area contributed by atoms with Crippen molar-refractivity contribution in [3.05, 3.63) is 16.4 Å². The van der Waals surface area contributed by atoms with E-state index >= 15 is 0 Å². The van der Waals surface area contributed by atoms with Crippen molar-refractivity contribution in [1.29, 1.82) is 0 Å². The Morgan fingerprint density at radius 1 is 1.45 bits per heavy atom. The van der Waals surface area contributed by atoms with Crippen LogP contribution in [-0.2, 0) is 16.4 Å². The first kappa shape index (κ1) is 15.2. The Morgan fingerprint density at radius 2 is 2.15 bits per heavy atom. The molecule has 0 spiro atoms. The summed E-state index contributed by atoms with van der Waals surface area (Å²) < 4.78 is 32.1. The van der Waals surface area contributed by atoms with Crippen LogP contribution < -0.4 is 5.76 Å². The van der Waals surface area contributed by atoms with Gasteiger partial charge in [-0.15, -0.1) is 0 Å². The molecule has 0 N–H and O–H groups in total. The zero-order chi connectivity index (χ0) is 14.9. The van der Waals surface area contributed by atoms with E-state index in [1.807, 2.05) is 13.8 Å². The topological polar surface area (TPSA) is 85.4 Å². The smallest absolute Gasteiger partial charge is 0.296 e. The predicted octanol–water partition coefficient (Wildman–Crippen LogP) is 0.774. The molecule has 7 nitrogen and oxygen atoms in total. The third-order valence-corrected chi connectivity index (χ3v) is 5.93. The minimum absolute atomic E-state index is 0.0875. The van der Waals surface area contributed by atoms with Crippen molar-refractivity contribution >= 4 is 10.0 Å². The summed E-state index contributed by atoms with van der Waals surface area (Å²) in [5, 5.41) is 3.74. The summed E-state index contributed by atoms with van der Waals surface area (Å²) in [6.45, 7) is 3.64. The van der Waals surface area contributed by atoms with Crippen molar-refractivity contribution in [3.63, 3.8) is 0 Å². The summed E-state index contributed by atoms with van der Waals surface area (Å²) in [7, 11) is -1.85. The average Bonchev–Trinajstić information content (AvgIpc) is 2.61. The zero-order valence-corrected chi connectivity index (χ0v) is 12.9. The highest BCUT2D eigenvalue weighted by Crippen LogP contribution is 2.24. The van der Waals surface area contributed by atoms with E-state index in [4.69, 9.17) is 0 Å². The van der Waals surface area contributed by atoms with Crippen molar-refractivity contribution in [3.8, 4) is 0 Å². The summed E-state index contributed by atoms with van der Waals surface area (Å²) in [5.74, 6) is -0.0929. The summed E-state index contributed by atoms with van der Waals surface area (Å²) >= 11 is 0. The fraction of sp³-hybridized carbons (Fsp3) is 0.833. The van der Waals surface area contributed by atoms with Gasteiger partial charge in [0.2, 0.25) is 10.0 Å². The zero-order valence-electron chi connectivity index (χ0n) is 12.1. The summed E-state index contributed by atoms with van der Waals surface area (Å²) in [6, 6.07) is -0.498. The van der Waals surface area contributed by atoms with Crippen molar-refractivity contribution in [2.75, 3.05) is 12.8 Å². The lowest BCUT2D eigenvalue weighted by Crippen LogP contribution is -2.38. The average molecular weight is 303 g/mol. The molecule has 0 aliphatic carbocycles. The lowest BCUT2D eigenvalue weighted by atomic mass is 10.1. The van der Waals surface area contributed by atoms with Crippen LogP contribution in [0.4, 0.5) is 0 Å². The van der Waals surface area contributed by atoms with E-state index in [-0.39, 0.29) is 11.8 Å². The van der Waals surface area contributed by atoms with Gasteiger partial charge in [0, 0.05) is 19.5 Å². The van der Waals surface area contributed by atoms with Gasteiger partial charge in [0.25, 0.3) is 0 Å². The molecule has 2 rings (SSSR count). The Bertz CT molecular complexity index is 617. The fourth-order valence-electron chi connectivity index (χ4n) is 2.44. The van der Waals surface area contributed by atoms with E-state index in [9.17, 15) is 13.2 Å². The summed E-state index contributed by atoms with van der Waals surface area (Å²) in [4.78, 5) is 11.7. The maximum Gasteiger partial charge on any atom is 0.441 e. The maximum absolute atomic E-state index is 12.4. The van der Waals surface area contributed by atoms with Crippen LogP contribution in [0.2, 0.25) is 0 Å². The maximum atomic E-state index is 12.4. The van der Waals surface area contributed by atoms with Crippen molar-refractivity contribution in [2.45, 2.75) is 51.6 Å². The van der Waals surface area contributed by atoms with Gasteiger partial charge in [-0.25, -0.2) is 17.5 Å². The molecule has 0 radical (unpaired) electrons. The molecule has 0 saturated heterocycles. The fourth-order valence-corrected chi connectivity index (χ4v) is 4.12. The molecule has 1 aromatic heterocycles. The third-order valence-electron chi connectivity index (χ3n) is 3.83. The largest absolute Gasteiger partial charge is 0.441 e. The third kappa shape index (κ3) is 2.95. The highest BCUT2D eigenvalue weighted by atomic mass is 32.2. The van der Waals surface area contributed by atoms with Crippen LogP contribution >= 0.6 is 0 Å². The van der Waals surface area contributed by atoms with E-state index < -0.39 is 21.8 Å². The first-order valence-corrected chi connectivity index (χ1v) is 8.46. The Kier molecular flexibility index (Phi) is 4.33. The number of nitrogens with zero attached hydrogens (tertiary/aromatic N) is 3. The van der Waals surface area contributed by atoms with Crippen LogP contribution in [0.3, 0.4) is 0 Å². The normalized spacial score (nSPS) is 20.1. The number of hydrogen-bond acceptors (Lipinski definition) is 5. The van der Waals surface area contributed by atoms with Crippen LogP contribution in [0, 0.1) is 0 Å². The molecule has 0 saturated carbocycles. The minimum Gasteiger partial charge on any atom is -0.296 e. The van der Waals surface area contributed by atoms with Gasteiger partial charge in [-0.3, -0.25) is 9.09 Å². The van der Waals surface area contributed by atoms with Gasteiger partial charge in [-0.05, 0) is 26.7 Å². The molecule has 0 fully saturated rings. The number of fused-ring (bicyclic) bond motifs is 1. The van der Waals surface area contributed by atoms with Crippen LogP contribution in [0.1, 0.15) is 45.0 Å². The minimum atomic E-state index is -3.41. The monoisotopic (exact) mass is 303 g/mol. The lowest BCUT2D eigenvalue weighted by Gasteiger charge is -2.24. The van der Waals surface area contributed by atoms with Gasteiger partial charge in [-0.2, -0.15) is 0 Å². The molecule has 0 bridgehead atoms. The summed E-state index contributed by atoms with van der Waals surface area (Å²) in [6.07, 6.45) is 3.08. The van der Waals surface area contributed by atoms with Gasteiger partial charge in [0.05, 0.1) is 11.8 Å². The second-order valence-corrected chi connectivity index (χ2v) is 7.60. The van der Waals surface area contributed by atoms with Crippen LogP contribution in [-0.4, -0.2) is 41.3 Å². The molecule has 0 amide bonds. The second-order valence-electron chi connectivity index (χ2n) is 5.52. The van der Waals surface area contributed by atoms with E-state index in [1.165, 1.54) is 8.87 Å². The first-order chi connectivity index (χ1) is 9.33. The highest BCUT2D eigenvalue weighted by Gasteiger charge is 2.30. The Labute approximate surface area is 118 Å². The highest BCUT2D eigenvalue weighted by molar-refractivity contribution is 7.89. The van der Waals surface area contributed by atoms with E-state index in [1.54, 1.807) is 7.05 Å². The molecule has 1 aliphatic heterocycles. The van der Waals surface area contributed by atoms with Gasteiger partial charge in [0.15, 0.2) is 5.82 Å². The molecule has 1 atom stereocenters. The molecule has 2 heterocycles. The Balaban J connectivity index is 2.30. The van der Waals surface area contributed by atoms with Crippen LogP contribution in [0.15, 0.2) is 9.32 Å². The van der Waals surface area contributed by atoms with Crippen LogP contribution in [0.5, 0.6) is 0 Å². The van der Waals surface area contributed by atoms with E-state index in [0.29, 0.717) is 18.7 Å². The van der Waals surface area contributed by atoms with E-state index in [2.05, 4.69) is 9.68 Å². The molecular formula is C12H21N3O4S. The Hall–Kier alpha value is -1.15. The molecule has 1 aliphatic rings. The van der Waals surface area contributed by atoms with Gasteiger partial charge < -0.3 is 0 Å². The molecule has 8 heteroatoms. The molecule has 114 valence electrons. The lowest BCUT2D eigenvalue weighted by molar-refractivity contribution is 0.355. The SMILES string of the molecule is CC(C)N(C)S(=O)(=O)CC1CCCCc2noc(=O)n21. The molecule has 0 aromatic carbocycles. The molecule has 1 unspecified atom stereocenters. The van der Waals surface area contributed by atoms with Crippen molar-refractivity contribution in [2.24, 2.45) is 0 Å². The van der Waals surface area contributed by atoms with Gasteiger partial charge in [0.1, 0.15) is 0 Å².